The van der Waals surface area contributed by atoms with Crippen LogP contribution in [0.15, 0.2) is 70.5 Å². The molecule has 0 bridgehead atoms. The lowest BCUT2D eigenvalue weighted by molar-refractivity contribution is 1.03. The molecule has 0 saturated carbocycles. The summed E-state index contributed by atoms with van der Waals surface area (Å²) in [6.45, 7) is 0. The highest BCUT2D eigenvalue weighted by molar-refractivity contribution is 7.99. The number of aromatic nitrogens is 1. The first-order valence-corrected chi connectivity index (χ1v) is 8.20. The van der Waals surface area contributed by atoms with Crippen LogP contribution < -0.4 is 5.84 Å². The van der Waals surface area contributed by atoms with Gasteiger partial charge in [-0.2, -0.15) is 0 Å². The van der Waals surface area contributed by atoms with E-state index >= 15 is 0 Å². The van der Waals surface area contributed by atoms with Crippen LogP contribution in [0.4, 0.5) is 0 Å². The zero-order chi connectivity index (χ0) is 14.7. The Hall–Kier alpha value is -2.39. The molecule has 3 aromatic carbocycles. The van der Waals surface area contributed by atoms with E-state index in [1.54, 1.807) is 0 Å². The molecule has 106 valence electrons. The van der Waals surface area contributed by atoms with Gasteiger partial charge in [-0.25, -0.2) is 0 Å². The van der Waals surface area contributed by atoms with Gasteiger partial charge < -0.3 is 5.84 Å². The third-order valence-electron chi connectivity index (χ3n) is 4.49. The van der Waals surface area contributed by atoms with Gasteiger partial charge in [0.2, 0.25) is 0 Å². The van der Waals surface area contributed by atoms with Crippen molar-refractivity contribution in [2.24, 2.45) is 0 Å². The smallest absolute Gasteiger partial charge is 0.0750 e. The first-order valence-electron chi connectivity index (χ1n) is 7.39. The zero-order valence-corrected chi connectivity index (χ0v) is 12.7. The summed E-state index contributed by atoms with van der Waals surface area (Å²) >= 11 is 1.85. The lowest BCUT2D eigenvalue weighted by atomic mass is 10.0. The molecule has 0 amide bonds. The van der Waals surface area contributed by atoms with E-state index in [4.69, 9.17) is 5.84 Å². The number of nitrogens with zero attached hydrogens (tertiary/aromatic N) is 1. The summed E-state index contributed by atoms with van der Waals surface area (Å²) in [5, 5.41) is 2.48. The minimum Gasteiger partial charge on any atom is -0.339 e. The van der Waals surface area contributed by atoms with Crippen molar-refractivity contribution in [1.29, 1.82) is 0 Å². The van der Waals surface area contributed by atoms with Crippen LogP contribution in [0, 0.1) is 0 Å². The summed E-state index contributed by atoms with van der Waals surface area (Å²) in [7, 11) is 0. The lowest BCUT2D eigenvalue weighted by Crippen LogP contribution is -2.10. The summed E-state index contributed by atoms with van der Waals surface area (Å²) < 4.78 is 1.86. The van der Waals surface area contributed by atoms with E-state index < -0.39 is 0 Å². The molecule has 1 aliphatic rings. The Labute approximate surface area is 132 Å². The third-order valence-corrected chi connectivity index (χ3v) is 5.71. The van der Waals surface area contributed by atoms with Crippen LogP contribution in [0.1, 0.15) is 11.1 Å². The van der Waals surface area contributed by atoms with Gasteiger partial charge in [-0.1, -0.05) is 54.2 Å². The number of nitrogens with two attached hydrogens (primary N) is 1. The third kappa shape index (κ3) is 1.52. The maximum Gasteiger partial charge on any atom is 0.0750 e. The van der Waals surface area contributed by atoms with Crippen LogP contribution in [0.5, 0.6) is 0 Å². The first kappa shape index (κ1) is 12.2. The van der Waals surface area contributed by atoms with Crippen molar-refractivity contribution >= 4 is 33.6 Å². The maximum absolute atomic E-state index is 6.43. The Morgan fingerprint density at radius 2 is 1.64 bits per heavy atom. The average Bonchev–Trinajstić information content (AvgIpc) is 2.87. The molecular weight excluding hydrogens is 288 g/mol. The molecule has 1 aromatic heterocycles. The molecule has 5 rings (SSSR count). The van der Waals surface area contributed by atoms with Gasteiger partial charge in [0.15, 0.2) is 0 Å². The zero-order valence-electron chi connectivity index (χ0n) is 11.9. The Kier molecular flexibility index (Phi) is 2.38. The van der Waals surface area contributed by atoms with Crippen molar-refractivity contribution in [3.8, 4) is 0 Å². The maximum atomic E-state index is 6.43. The number of nitrogen functional groups attached to an aromatic ring is 1. The standard InChI is InChI=1S/C19H14N2S/c20-21-16-7-3-2-6-13(16)14-9-10-18-15(19(14)21)11-12-5-1-4-8-17(12)22-18/h1-10H,11,20H2. The molecule has 3 heteroatoms. The number of benzene rings is 3. The fraction of sp³-hybridized carbons (Fsp3) is 0.0526. The topological polar surface area (TPSA) is 30.9 Å². The number of hydrogen-bond donors (Lipinski definition) is 1. The summed E-state index contributed by atoms with van der Waals surface area (Å²) in [5.74, 6) is 6.43. The summed E-state index contributed by atoms with van der Waals surface area (Å²) in [5.41, 5.74) is 4.99. The van der Waals surface area contributed by atoms with Crippen LogP contribution in [-0.2, 0) is 6.42 Å². The van der Waals surface area contributed by atoms with Gasteiger partial charge in [-0.15, -0.1) is 0 Å². The Balaban J connectivity index is 1.87. The minimum absolute atomic E-state index is 0.948. The van der Waals surface area contributed by atoms with E-state index in [1.165, 1.54) is 37.2 Å². The van der Waals surface area contributed by atoms with Gasteiger partial charge in [-0.05, 0) is 29.3 Å². The summed E-state index contributed by atoms with van der Waals surface area (Å²) in [6.07, 6.45) is 0.948. The van der Waals surface area contributed by atoms with E-state index in [9.17, 15) is 0 Å². The predicted octanol–water partition coefficient (Wildman–Crippen LogP) is 4.56. The minimum atomic E-state index is 0.948. The van der Waals surface area contributed by atoms with Crippen molar-refractivity contribution in [1.82, 2.24) is 4.68 Å². The Morgan fingerprint density at radius 3 is 2.59 bits per heavy atom. The monoisotopic (exact) mass is 302 g/mol. The molecule has 0 spiro atoms. The normalized spacial score (nSPS) is 13.3. The van der Waals surface area contributed by atoms with E-state index in [2.05, 4.69) is 54.6 Å². The van der Waals surface area contributed by atoms with E-state index in [1.807, 2.05) is 22.5 Å². The highest BCUT2D eigenvalue weighted by Gasteiger charge is 2.21. The molecule has 2 N–H and O–H groups in total. The number of rotatable bonds is 0. The summed E-state index contributed by atoms with van der Waals surface area (Å²) in [4.78, 5) is 2.68. The molecule has 0 saturated heterocycles. The van der Waals surface area contributed by atoms with Crippen LogP contribution in [0.2, 0.25) is 0 Å². The molecule has 0 aliphatic carbocycles. The average molecular weight is 302 g/mol. The highest BCUT2D eigenvalue weighted by atomic mass is 32.2. The Bertz CT molecular complexity index is 1050. The molecule has 0 atom stereocenters. The SMILES string of the molecule is Nn1c2ccccc2c2ccc3c(c21)Cc1ccccc1S3. The molecule has 4 aromatic rings. The van der Waals surface area contributed by atoms with Gasteiger partial charge in [0.25, 0.3) is 0 Å². The second-order valence-corrected chi connectivity index (χ2v) is 6.80. The Morgan fingerprint density at radius 1 is 0.818 bits per heavy atom. The van der Waals surface area contributed by atoms with Gasteiger partial charge in [0, 0.05) is 27.0 Å². The van der Waals surface area contributed by atoms with Crippen molar-refractivity contribution < 1.29 is 0 Å². The van der Waals surface area contributed by atoms with Crippen LogP contribution in [0.3, 0.4) is 0 Å². The van der Waals surface area contributed by atoms with Gasteiger partial charge in [0.05, 0.1) is 11.0 Å². The van der Waals surface area contributed by atoms with Crippen molar-refractivity contribution in [2.75, 3.05) is 5.84 Å². The first-order chi connectivity index (χ1) is 10.8. The van der Waals surface area contributed by atoms with E-state index in [0.29, 0.717) is 0 Å². The van der Waals surface area contributed by atoms with Gasteiger partial charge >= 0.3 is 0 Å². The molecule has 2 heterocycles. The van der Waals surface area contributed by atoms with Crippen LogP contribution in [-0.4, -0.2) is 4.68 Å². The number of hydrogen-bond acceptors (Lipinski definition) is 2. The number of fused-ring (bicyclic) bond motifs is 6. The number of para-hydroxylation sites is 1. The van der Waals surface area contributed by atoms with Crippen LogP contribution in [0.25, 0.3) is 21.8 Å². The lowest BCUT2D eigenvalue weighted by Gasteiger charge is -2.20. The van der Waals surface area contributed by atoms with E-state index in [0.717, 1.165) is 11.9 Å². The second kappa shape index (κ2) is 4.31. The molecule has 1 aliphatic heterocycles. The second-order valence-electron chi connectivity index (χ2n) is 5.71. The molecule has 22 heavy (non-hydrogen) atoms. The fourth-order valence-corrected chi connectivity index (χ4v) is 4.55. The van der Waals surface area contributed by atoms with Crippen molar-refractivity contribution in [2.45, 2.75) is 16.2 Å². The van der Waals surface area contributed by atoms with Crippen LogP contribution >= 0.6 is 11.8 Å². The van der Waals surface area contributed by atoms with Gasteiger partial charge in [0.1, 0.15) is 0 Å². The molecule has 0 radical (unpaired) electrons. The predicted molar refractivity (Wildman–Crippen MR) is 93.0 cm³/mol. The van der Waals surface area contributed by atoms with Crippen molar-refractivity contribution in [3.05, 3.63) is 71.8 Å². The molecule has 0 fully saturated rings. The molecular formula is C19H14N2S. The summed E-state index contributed by atoms with van der Waals surface area (Å²) in [6, 6.07) is 21.4. The van der Waals surface area contributed by atoms with Gasteiger partial charge in [-0.3, -0.25) is 4.68 Å². The quantitative estimate of drug-likeness (QED) is 0.425. The highest BCUT2D eigenvalue weighted by Crippen LogP contribution is 2.43. The fourth-order valence-electron chi connectivity index (χ4n) is 3.47. The van der Waals surface area contributed by atoms with E-state index in [-0.39, 0.29) is 0 Å². The molecule has 0 unspecified atom stereocenters. The molecule has 2 nitrogen and oxygen atoms in total. The van der Waals surface area contributed by atoms with Crippen molar-refractivity contribution in [3.63, 3.8) is 0 Å². The largest absolute Gasteiger partial charge is 0.339 e.